The van der Waals surface area contributed by atoms with E-state index in [0.29, 0.717) is 6.42 Å². The van der Waals surface area contributed by atoms with Gasteiger partial charge in [0, 0.05) is 31.5 Å². The van der Waals surface area contributed by atoms with Gasteiger partial charge in [0.05, 0.1) is 0 Å². The third kappa shape index (κ3) is 10.9. The van der Waals surface area contributed by atoms with Gasteiger partial charge in [-0.25, -0.2) is 4.79 Å². The topological polar surface area (TPSA) is 113 Å². The van der Waals surface area contributed by atoms with E-state index >= 15 is 0 Å². The van der Waals surface area contributed by atoms with Crippen molar-refractivity contribution in [3.05, 3.63) is 0 Å². The van der Waals surface area contributed by atoms with Crippen LogP contribution < -0.4 is 21.7 Å². The highest BCUT2D eigenvalue weighted by Gasteiger charge is 2.23. The number of carbonyl (C=O) groups excluding carboxylic acids is 3. The van der Waals surface area contributed by atoms with E-state index < -0.39 is 6.03 Å². The Labute approximate surface area is 157 Å². The first kappa shape index (κ1) is 22.3. The minimum absolute atomic E-state index is 0.0763. The fourth-order valence-corrected chi connectivity index (χ4v) is 3.30. The minimum Gasteiger partial charge on any atom is -0.353 e. The van der Waals surface area contributed by atoms with Gasteiger partial charge in [0.1, 0.15) is 0 Å². The number of hydrogen-bond donors (Lipinski definition) is 4. The molecule has 4 amide bonds. The first-order chi connectivity index (χ1) is 12.4. The fourth-order valence-electron chi connectivity index (χ4n) is 3.30. The number of primary amides is 1. The normalized spacial score (nSPS) is 19.8. The van der Waals surface area contributed by atoms with E-state index in [1.54, 1.807) is 0 Å². The Morgan fingerprint density at radius 2 is 1.42 bits per heavy atom. The number of unbranched alkanes of at least 4 members (excludes halogenated alkanes) is 2. The van der Waals surface area contributed by atoms with E-state index in [4.69, 9.17) is 5.73 Å². The van der Waals surface area contributed by atoms with Crippen LogP contribution in [0.2, 0.25) is 0 Å². The monoisotopic (exact) mass is 368 g/mol. The second-order valence-corrected chi connectivity index (χ2v) is 7.72. The predicted molar refractivity (Wildman–Crippen MR) is 102 cm³/mol. The summed E-state index contributed by atoms with van der Waals surface area (Å²) in [6.07, 6.45) is 8.88. The number of urea groups is 1. The van der Waals surface area contributed by atoms with Gasteiger partial charge in [0.2, 0.25) is 11.8 Å². The number of hydrogen-bond acceptors (Lipinski definition) is 3. The maximum absolute atomic E-state index is 12.0. The SMILES string of the molecule is CC(C)CCCCCC(=O)NC1CCC(NC(=O)CCNC(N)=O)CC1. The van der Waals surface area contributed by atoms with Gasteiger partial charge in [0.15, 0.2) is 0 Å². The summed E-state index contributed by atoms with van der Waals surface area (Å²) in [5, 5.41) is 8.51. The van der Waals surface area contributed by atoms with Gasteiger partial charge in [-0.1, -0.05) is 33.1 Å². The second kappa shape index (κ2) is 12.5. The molecule has 0 saturated heterocycles. The van der Waals surface area contributed by atoms with Gasteiger partial charge in [-0.2, -0.15) is 0 Å². The maximum Gasteiger partial charge on any atom is 0.312 e. The Bertz CT molecular complexity index is 446. The number of rotatable bonds is 11. The molecule has 26 heavy (non-hydrogen) atoms. The molecule has 1 aliphatic carbocycles. The summed E-state index contributed by atoms with van der Waals surface area (Å²) in [4.78, 5) is 34.4. The highest BCUT2D eigenvalue weighted by Crippen LogP contribution is 2.19. The molecular weight excluding hydrogens is 332 g/mol. The summed E-state index contributed by atoms with van der Waals surface area (Å²) >= 11 is 0. The van der Waals surface area contributed by atoms with Crippen molar-refractivity contribution in [2.45, 2.75) is 90.1 Å². The van der Waals surface area contributed by atoms with Gasteiger partial charge < -0.3 is 21.7 Å². The van der Waals surface area contributed by atoms with Crippen molar-refractivity contribution in [3.8, 4) is 0 Å². The molecule has 1 fully saturated rings. The lowest BCUT2D eigenvalue weighted by Gasteiger charge is -2.29. The zero-order valence-corrected chi connectivity index (χ0v) is 16.3. The lowest BCUT2D eigenvalue weighted by molar-refractivity contribution is -0.123. The Morgan fingerprint density at radius 3 is 1.92 bits per heavy atom. The van der Waals surface area contributed by atoms with Crippen LogP contribution >= 0.6 is 0 Å². The zero-order valence-electron chi connectivity index (χ0n) is 16.3. The van der Waals surface area contributed by atoms with Crippen molar-refractivity contribution in [1.29, 1.82) is 0 Å². The van der Waals surface area contributed by atoms with Gasteiger partial charge in [-0.05, 0) is 38.0 Å². The van der Waals surface area contributed by atoms with Crippen molar-refractivity contribution >= 4 is 17.8 Å². The molecule has 1 saturated carbocycles. The summed E-state index contributed by atoms with van der Waals surface area (Å²) in [6, 6.07) is -0.239. The van der Waals surface area contributed by atoms with Crippen LogP contribution in [0.4, 0.5) is 4.79 Å². The molecule has 0 radical (unpaired) electrons. The largest absolute Gasteiger partial charge is 0.353 e. The summed E-state index contributed by atoms with van der Waals surface area (Å²) < 4.78 is 0. The van der Waals surface area contributed by atoms with Crippen LogP contribution in [0.3, 0.4) is 0 Å². The third-order valence-corrected chi connectivity index (χ3v) is 4.79. The molecule has 0 aromatic carbocycles. The maximum atomic E-state index is 12.0. The lowest BCUT2D eigenvalue weighted by Crippen LogP contribution is -2.44. The molecule has 7 heteroatoms. The van der Waals surface area contributed by atoms with Crippen LogP contribution in [0.25, 0.3) is 0 Å². The van der Waals surface area contributed by atoms with Crippen molar-refractivity contribution < 1.29 is 14.4 Å². The number of nitrogens with one attached hydrogen (secondary N) is 3. The second-order valence-electron chi connectivity index (χ2n) is 7.72. The molecule has 0 unspecified atom stereocenters. The highest BCUT2D eigenvalue weighted by molar-refractivity contribution is 5.78. The van der Waals surface area contributed by atoms with Crippen LogP contribution in [0, 0.1) is 5.92 Å². The number of carbonyl (C=O) groups is 3. The fraction of sp³-hybridized carbons (Fsp3) is 0.842. The molecule has 150 valence electrons. The van der Waals surface area contributed by atoms with E-state index in [1.165, 1.54) is 12.8 Å². The molecular formula is C19H36N4O3. The lowest BCUT2D eigenvalue weighted by atomic mass is 9.91. The molecule has 1 rings (SSSR count). The first-order valence-corrected chi connectivity index (χ1v) is 9.99. The summed E-state index contributed by atoms with van der Waals surface area (Å²) in [5.74, 6) is 0.811. The molecule has 0 heterocycles. The van der Waals surface area contributed by atoms with Crippen LogP contribution in [-0.4, -0.2) is 36.5 Å². The average Bonchev–Trinajstić information content (AvgIpc) is 2.55. The molecule has 0 atom stereocenters. The van der Waals surface area contributed by atoms with Gasteiger partial charge in [-0.3, -0.25) is 9.59 Å². The molecule has 0 aromatic rings. The first-order valence-electron chi connectivity index (χ1n) is 9.99. The van der Waals surface area contributed by atoms with Gasteiger partial charge >= 0.3 is 6.03 Å². The molecule has 0 aliphatic heterocycles. The van der Waals surface area contributed by atoms with E-state index in [2.05, 4.69) is 29.8 Å². The van der Waals surface area contributed by atoms with Gasteiger partial charge in [-0.15, -0.1) is 0 Å². The van der Waals surface area contributed by atoms with Crippen LogP contribution in [0.15, 0.2) is 0 Å². The van der Waals surface area contributed by atoms with Crippen molar-refractivity contribution in [3.63, 3.8) is 0 Å². The Hall–Kier alpha value is -1.79. The Morgan fingerprint density at radius 1 is 0.885 bits per heavy atom. The van der Waals surface area contributed by atoms with E-state index in [-0.39, 0.29) is 36.9 Å². The molecule has 0 aromatic heterocycles. The summed E-state index contributed by atoms with van der Waals surface area (Å²) in [7, 11) is 0. The summed E-state index contributed by atoms with van der Waals surface area (Å²) in [6.45, 7) is 4.71. The standard InChI is InChI=1S/C19H36N4O3/c1-14(2)6-4-3-5-7-17(24)22-15-8-10-16(11-9-15)23-18(25)12-13-21-19(20)26/h14-16H,3-13H2,1-2H3,(H,22,24)(H,23,25)(H3,20,21,26). The quantitative estimate of drug-likeness (QED) is 0.419. The molecule has 0 bridgehead atoms. The predicted octanol–water partition coefficient (Wildman–Crippen LogP) is 2.19. The molecule has 1 aliphatic rings. The minimum atomic E-state index is -0.617. The highest BCUT2D eigenvalue weighted by atomic mass is 16.2. The van der Waals surface area contributed by atoms with Crippen LogP contribution in [-0.2, 0) is 9.59 Å². The number of nitrogens with two attached hydrogens (primary N) is 1. The smallest absolute Gasteiger partial charge is 0.312 e. The Balaban J connectivity index is 2.09. The molecule has 0 spiro atoms. The van der Waals surface area contributed by atoms with Crippen molar-refractivity contribution in [2.75, 3.05) is 6.54 Å². The van der Waals surface area contributed by atoms with Crippen molar-refractivity contribution in [1.82, 2.24) is 16.0 Å². The number of amides is 4. The average molecular weight is 369 g/mol. The van der Waals surface area contributed by atoms with Crippen LogP contribution in [0.5, 0.6) is 0 Å². The third-order valence-electron chi connectivity index (χ3n) is 4.79. The molecule has 5 N–H and O–H groups in total. The molecule has 7 nitrogen and oxygen atoms in total. The van der Waals surface area contributed by atoms with Crippen molar-refractivity contribution in [2.24, 2.45) is 11.7 Å². The Kier molecular flexibility index (Phi) is 10.7. The van der Waals surface area contributed by atoms with E-state index in [1.807, 2.05) is 0 Å². The summed E-state index contributed by atoms with van der Waals surface area (Å²) in [5.41, 5.74) is 4.96. The van der Waals surface area contributed by atoms with Gasteiger partial charge in [0.25, 0.3) is 0 Å². The van der Waals surface area contributed by atoms with E-state index in [9.17, 15) is 14.4 Å². The van der Waals surface area contributed by atoms with Crippen LogP contribution in [0.1, 0.15) is 78.1 Å². The van der Waals surface area contributed by atoms with E-state index in [0.717, 1.165) is 44.4 Å². The zero-order chi connectivity index (χ0) is 19.4.